The summed E-state index contributed by atoms with van der Waals surface area (Å²) in [4.78, 5) is 27.5. The molecule has 1 aromatic rings. The molecule has 1 aliphatic heterocycles. The lowest BCUT2D eigenvalue weighted by atomic mass is 10.3. The Balaban J connectivity index is 2.10. The van der Waals surface area contributed by atoms with Gasteiger partial charge in [0.2, 0.25) is 0 Å². The van der Waals surface area contributed by atoms with E-state index in [0.29, 0.717) is 17.5 Å². The third-order valence-corrected chi connectivity index (χ3v) is 3.53. The van der Waals surface area contributed by atoms with Gasteiger partial charge < -0.3 is 10.4 Å². The van der Waals surface area contributed by atoms with Crippen molar-refractivity contribution in [2.45, 2.75) is 24.2 Å². The van der Waals surface area contributed by atoms with Gasteiger partial charge in [-0.1, -0.05) is 11.8 Å². The zero-order valence-corrected chi connectivity index (χ0v) is 10.5. The second-order valence-electron chi connectivity index (χ2n) is 3.87. The molecule has 9 heteroatoms. The van der Waals surface area contributed by atoms with Crippen LogP contribution in [0.2, 0.25) is 0 Å². The monoisotopic (exact) mass is 291 g/mol. The molecule has 0 aromatic carbocycles. The molecule has 0 fully saturated rings. The highest BCUT2D eigenvalue weighted by Crippen LogP contribution is 2.20. The van der Waals surface area contributed by atoms with Gasteiger partial charge in [0.15, 0.2) is 5.16 Å². The van der Waals surface area contributed by atoms with Crippen molar-refractivity contribution in [3.8, 4) is 0 Å². The standard InChI is InChI=1S/C10H11F2N3O3S/c11-7(12)6(16)4-13-8(17)5-3-14-10-15(9(5)18)1-2-19-10/h3,6-7,16H,1-2,4H2,(H,13,17). The fourth-order valence-electron chi connectivity index (χ4n) is 1.55. The summed E-state index contributed by atoms with van der Waals surface area (Å²) in [7, 11) is 0. The molecule has 0 bridgehead atoms. The first-order valence-electron chi connectivity index (χ1n) is 5.47. The largest absolute Gasteiger partial charge is 0.385 e. The summed E-state index contributed by atoms with van der Waals surface area (Å²) in [5.74, 6) is -0.110. The number of halogens is 2. The van der Waals surface area contributed by atoms with E-state index in [4.69, 9.17) is 5.11 Å². The van der Waals surface area contributed by atoms with E-state index in [1.165, 1.54) is 16.3 Å². The summed E-state index contributed by atoms with van der Waals surface area (Å²) in [6, 6.07) is 0. The van der Waals surface area contributed by atoms with E-state index >= 15 is 0 Å². The number of hydrogen-bond acceptors (Lipinski definition) is 5. The lowest BCUT2D eigenvalue weighted by molar-refractivity contribution is -0.00271. The van der Waals surface area contributed by atoms with Crippen LogP contribution >= 0.6 is 11.8 Å². The van der Waals surface area contributed by atoms with Crippen LogP contribution in [0.4, 0.5) is 8.78 Å². The number of thioether (sulfide) groups is 1. The van der Waals surface area contributed by atoms with E-state index in [2.05, 4.69) is 10.3 Å². The highest BCUT2D eigenvalue weighted by atomic mass is 32.2. The Labute approximate surface area is 110 Å². The number of amides is 1. The number of alkyl halides is 2. The maximum Gasteiger partial charge on any atom is 0.267 e. The summed E-state index contributed by atoms with van der Waals surface area (Å²) < 4.78 is 25.5. The summed E-state index contributed by atoms with van der Waals surface area (Å²) in [6.07, 6.45) is -3.78. The molecule has 1 unspecified atom stereocenters. The van der Waals surface area contributed by atoms with Crippen molar-refractivity contribution in [1.82, 2.24) is 14.9 Å². The van der Waals surface area contributed by atoms with Gasteiger partial charge in [0.25, 0.3) is 17.9 Å². The number of aliphatic hydroxyl groups excluding tert-OH is 1. The van der Waals surface area contributed by atoms with Crippen molar-refractivity contribution in [1.29, 1.82) is 0 Å². The van der Waals surface area contributed by atoms with Crippen LogP contribution in [0.15, 0.2) is 16.1 Å². The average molecular weight is 291 g/mol. The molecule has 0 aliphatic carbocycles. The van der Waals surface area contributed by atoms with Crippen molar-refractivity contribution in [3.63, 3.8) is 0 Å². The highest BCUT2D eigenvalue weighted by molar-refractivity contribution is 7.99. The van der Waals surface area contributed by atoms with Crippen LogP contribution in [0.25, 0.3) is 0 Å². The Morgan fingerprint density at radius 2 is 2.37 bits per heavy atom. The predicted molar refractivity (Wildman–Crippen MR) is 63.6 cm³/mol. The van der Waals surface area contributed by atoms with E-state index in [0.717, 1.165) is 6.20 Å². The zero-order valence-electron chi connectivity index (χ0n) is 9.68. The van der Waals surface area contributed by atoms with Gasteiger partial charge in [-0.15, -0.1) is 0 Å². The normalized spacial score (nSPS) is 15.4. The zero-order chi connectivity index (χ0) is 14.0. The van der Waals surface area contributed by atoms with E-state index < -0.39 is 30.5 Å². The lowest BCUT2D eigenvalue weighted by Crippen LogP contribution is -2.39. The topological polar surface area (TPSA) is 84.2 Å². The third-order valence-electron chi connectivity index (χ3n) is 2.56. The molecule has 0 radical (unpaired) electrons. The molecule has 0 saturated heterocycles. The molecule has 2 heterocycles. The Hall–Kier alpha value is -1.48. The molecular formula is C10H11F2N3O3S. The molecule has 1 amide bonds. The molecule has 6 nitrogen and oxygen atoms in total. The van der Waals surface area contributed by atoms with Crippen molar-refractivity contribution >= 4 is 17.7 Å². The fraction of sp³-hybridized carbons (Fsp3) is 0.500. The molecule has 0 saturated carbocycles. The molecular weight excluding hydrogens is 280 g/mol. The number of nitrogens with one attached hydrogen (secondary N) is 1. The molecule has 104 valence electrons. The molecule has 2 rings (SSSR count). The van der Waals surface area contributed by atoms with Gasteiger partial charge in [-0.25, -0.2) is 13.8 Å². The van der Waals surface area contributed by atoms with E-state index in [1.54, 1.807) is 0 Å². The van der Waals surface area contributed by atoms with Crippen LogP contribution in [0.1, 0.15) is 10.4 Å². The smallest absolute Gasteiger partial charge is 0.267 e. The van der Waals surface area contributed by atoms with Gasteiger partial charge in [0.1, 0.15) is 11.7 Å². The molecule has 1 aliphatic rings. The first-order valence-corrected chi connectivity index (χ1v) is 6.46. The van der Waals surface area contributed by atoms with Crippen LogP contribution in [0.3, 0.4) is 0 Å². The van der Waals surface area contributed by atoms with E-state index in [1.807, 2.05) is 0 Å². The number of hydrogen-bond donors (Lipinski definition) is 2. The summed E-state index contributed by atoms with van der Waals surface area (Å²) in [5, 5.41) is 11.5. The van der Waals surface area contributed by atoms with Gasteiger partial charge >= 0.3 is 0 Å². The Morgan fingerprint density at radius 3 is 3.05 bits per heavy atom. The maximum absolute atomic E-state index is 12.1. The van der Waals surface area contributed by atoms with Crippen molar-refractivity contribution in [3.05, 3.63) is 22.1 Å². The second kappa shape index (κ2) is 5.66. The number of nitrogens with zero attached hydrogens (tertiary/aromatic N) is 2. The predicted octanol–water partition coefficient (Wildman–Crippen LogP) is -0.295. The number of aliphatic hydroxyl groups is 1. The molecule has 19 heavy (non-hydrogen) atoms. The summed E-state index contributed by atoms with van der Waals surface area (Å²) in [5.41, 5.74) is -0.716. The number of carbonyl (C=O) groups is 1. The maximum atomic E-state index is 12.1. The number of aromatic nitrogens is 2. The minimum atomic E-state index is -2.95. The highest BCUT2D eigenvalue weighted by Gasteiger charge is 2.22. The third kappa shape index (κ3) is 2.92. The van der Waals surface area contributed by atoms with Gasteiger partial charge in [0, 0.05) is 25.0 Å². The first-order chi connectivity index (χ1) is 9.00. The van der Waals surface area contributed by atoms with Crippen LogP contribution in [-0.4, -0.2) is 45.4 Å². The molecule has 1 aromatic heterocycles. The average Bonchev–Trinajstić information content (AvgIpc) is 2.85. The van der Waals surface area contributed by atoms with E-state index in [9.17, 15) is 18.4 Å². The minimum Gasteiger partial charge on any atom is -0.385 e. The van der Waals surface area contributed by atoms with Crippen molar-refractivity contribution < 1.29 is 18.7 Å². The van der Waals surface area contributed by atoms with Crippen LogP contribution in [0.5, 0.6) is 0 Å². The van der Waals surface area contributed by atoms with Gasteiger partial charge in [0.05, 0.1) is 0 Å². The minimum absolute atomic E-state index is 0.215. The second-order valence-corrected chi connectivity index (χ2v) is 4.93. The molecule has 0 spiro atoms. The number of fused-ring (bicyclic) bond motifs is 1. The lowest BCUT2D eigenvalue weighted by Gasteiger charge is -2.10. The summed E-state index contributed by atoms with van der Waals surface area (Å²) >= 11 is 1.41. The first kappa shape index (κ1) is 13.9. The van der Waals surface area contributed by atoms with Gasteiger partial charge in [-0.3, -0.25) is 14.2 Å². The van der Waals surface area contributed by atoms with Crippen LogP contribution in [0, 0.1) is 0 Å². The quantitative estimate of drug-likeness (QED) is 0.744. The number of rotatable bonds is 4. The van der Waals surface area contributed by atoms with Gasteiger partial charge in [-0.2, -0.15) is 0 Å². The molecule has 2 N–H and O–H groups in total. The Morgan fingerprint density at radius 1 is 1.63 bits per heavy atom. The van der Waals surface area contributed by atoms with E-state index in [-0.39, 0.29) is 5.56 Å². The van der Waals surface area contributed by atoms with Crippen molar-refractivity contribution in [2.75, 3.05) is 12.3 Å². The van der Waals surface area contributed by atoms with Crippen molar-refractivity contribution in [2.24, 2.45) is 0 Å². The SMILES string of the molecule is O=C(NCC(O)C(F)F)c1cnc2n(c1=O)CCS2. The van der Waals surface area contributed by atoms with Crippen LogP contribution in [-0.2, 0) is 6.54 Å². The Bertz CT molecular complexity index is 549. The van der Waals surface area contributed by atoms with Gasteiger partial charge in [-0.05, 0) is 0 Å². The Kier molecular flexibility index (Phi) is 4.15. The fourth-order valence-corrected chi connectivity index (χ4v) is 2.47. The van der Waals surface area contributed by atoms with Crippen LogP contribution < -0.4 is 10.9 Å². The molecule has 1 atom stereocenters. The summed E-state index contributed by atoms with van der Waals surface area (Å²) in [6.45, 7) is -0.154. The number of carbonyl (C=O) groups excluding carboxylic acids is 1.